The fourth-order valence-electron chi connectivity index (χ4n) is 3.03. The maximum atomic E-state index is 12.3. The number of carbonyl (C=O) groups is 2. The molecule has 22 heavy (non-hydrogen) atoms. The minimum absolute atomic E-state index is 0.0648. The van der Waals surface area contributed by atoms with Crippen molar-refractivity contribution in [2.45, 2.75) is 32.6 Å². The molecule has 2 aliphatic heterocycles. The second-order valence-electron chi connectivity index (χ2n) is 5.89. The van der Waals surface area contributed by atoms with Crippen molar-refractivity contribution >= 4 is 34.1 Å². The van der Waals surface area contributed by atoms with Gasteiger partial charge < -0.3 is 15.1 Å². The Morgan fingerprint density at radius 3 is 2.86 bits per heavy atom. The molecule has 0 bridgehead atoms. The van der Waals surface area contributed by atoms with Crippen LogP contribution in [-0.4, -0.2) is 47.9 Å². The highest BCUT2D eigenvalue weighted by Gasteiger charge is 2.33. The number of likely N-dealkylation sites (tertiary alicyclic amines) is 1. The number of piperidine rings is 1. The normalized spacial score (nSPS) is 22.2. The van der Waals surface area contributed by atoms with E-state index in [4.69, 9.17) is 0 Å². The lowest BCUT2D eigenvalue weighted by molar-refractivity contribution is -0.128. The van der Waals surface area contributed by atoms with Crippen LogP contribution in [0.1, 0.15) is 32.6 Å². The van der Waals surface area contributed by atoms with Crippen LogP contribution in [0.4, 0.5) is 10.9 Å². The summed E-state index contributed by atoms with van der Waals surface area (Å²) in [5.74, 6) is 0.320. The molecule has 0 radical (unpaired) electrons. The summed E-state index contributed by atoms with van der Waals surface area (Å²) < 4.78 is 0. The van der Waals surface area contributed by atoms with Crippen molar-refractivity contribution < 1.29 is 9.59 Å². The summed E-state index contributed by atoms with van der Waals surface area (Å²) in [5.41, 5.74) is 0. The van der Waals surface area contributed by atoms with E-state index in [0.29, 0.717) is 25.3 Å². The van der Waals surface area contributed by atoms with Gasteiger partial charge in [0.25, 0.3) is 0 Å². The first kappa shape index (κ1) is 15.3. The Balaban J connectivity index is 1.58. The second-order valence-corrected chi connectivity index (χ2v) is 6.72. The molecule has 6 nitrogen and oxygen atoms in total. The zero-order valence-electron chi connectivity index (χ0n) is 12.9. The molecule has 1 N–H and O–H groups in total. The Morgan fingerprint density at radius 1 is 1.41 bits per heavy atom. The van der Waals surface area contributed by atoms with Gasteiger partial charge in [-0.05, 0) is 26.2 Å². The van der Waals surface area contributed by atoms with E-state index in [9.17, 15) is 9.59 Å². The molecule has 0 aromatic carbocycles. The number of anilines is 2. The highest BCUT2D eigenvalue weighted by Crippen LogP contribution is 2.27. The highest BCUT2D eigenvalue weighted by atomic mass is 32.1. The first-order chi connectivity index (χ1) is 10.7. The molecule has 2 amide bonds. The van der Waals surface area contributed by atoms with Crippen molar-refractivity contribution in [3.05, 3.63) is 5.38 Å². The standard InChI is InChI=1S/C15H22N4O2S/c1-2-18-9-11(8-13(18)20)14(21)16-12-10-22-15(17-12)19-6-4-3-5-7-19/h10-11H,2-9H2,1H3,(H,16,21). The topological polar surface area (TPSA) is 65.5 Å². The molecule has 3 heterocycles. The lowest BCUT2D eigenvalue weighted by Gasteiger charge is -2.25. The molecule has 1 aromatic heterocycles. The van der Waals surface area contributed by atoms with E-state index in [2.05, 4.69) is 15.2 Å². The van der Waals surface area contributed by atoms with Crippen LogP contribution < -0.4 is 10.2 Å². The van der Waals surface area contributed by atoms with Crippen molar-refractivity contribution in [1.29, 1.82) is 0 Å². The Hall–Kier alpha value is -1.63. The van der Waals surface area contributed by atoms with E-state index in [1.54, 1.807) is 16.2 Å². The van der Waals surface area contributed by atoms with Gasteiger partial charge in [-0.15, -0.1) is 11.3 Å². The lowest BCUT2D eigenvalue weighted by atomic mass is 10.1. The van der Waals surface area contributed by atoms with Crippen molar-refractivity contribution in [2.75, 3.05) is 36.4 Å². The average Bonchev–Trinajstić information content (AvgIpc) is 3.14. The highest BCUT2D eigenvalue weighted by molar-refractivity contribution is 7.14. The number of amides is 2. The van der Waals surface area contributed by atoms with Crippen molar-refractivity contribution in [3.8, 4) is 0 Å². The van der Waals surface area contributed by atoms with Gasteiger partial charge in [-0.3, -0.25) is 9.59 Å². The fourth-order valence-corrected chi connectivity index (χ4v) is 3.85. The maximum Gasteiger partial charge on any atom is 0.230 e. The van der Waals surface area contributed by atoms with E-state index in [1.807, 2.05) is 12.3 Å². The van der Waals surface area contributed by atoms with Crippen molar-refractivity contribution in [3.63, 3.8) is 0 Å². The molecule has 1 unspecified atom stereocenters. The minimum atomic E-state index is -0.257. The predicted octanol–water partition coefficient (Wildman–Crippen LogP) is 1.94. The summed E-state index contributed by atoms with van der Waals surface area (Å²) in [4.78, 5) is 32.5. The van der Waals surface area contributed by atoms with Crippen LogP contribution in [0.15, 0.2) is 5.38 Å². The smallest absolute Gasteiger partial charge is 0.230 e. The largest absolute Gasteiger partial charge is 0.348 e. The zero-order valence-corrected chi connectivity index (χ0v) is 13.7. The molecular formula is C15H22N4O2S. The fraction of sp³-hybridized carbons (Fsp3) is 0.667. The van der Waals surface area contributed by atoms with Gasteiger partial charge in [-0.1, -0.05) is 0 Å². The van der Waals surface area contributed by atoms with Gasteiger partial charge in [0.05, 0.1) is 5.92 Å². The van der Waals surface area contributed by atoms with Gasteiger partial charge in [0.1, 0.15) is 5.82 Å². The number of nitrogens with one attached hydrogen (secondary N) is 1. The van der Waals surface area contributed by atoms with Crippen LogP contribution in [0.2, 0.25) is 0 Å². The molecule has 120 valence electrons. The second kappa shape index (κ2) is 6.64. The van der Waals surface area contributed by atoms with Gasteiger partial charge in [0.15, 0.2) is 5.13 Å². The molecule has 2 saturated heterocycles. The molecule has 0 spiro atoms. The SMILES string of the molecule is CCN1CC(C(=O)Nc2csc(N3CCCCC3)n2)CC1=O. The molecule has 2 aliphatic rings. The third-order valence-corrected chi connectivity index (χ3v) is 5.24. The Labute approximate surface area is 134 Å². The Kier molecular flexibility index (Phi) is 4.61. The number of hydrogen-bond donors (Lipinski definition) is 1. The number of hydrogen-bond acceptors (Lipinski definition) is 5. The molecular weight excluding hydrogens is 300 g/mol. The summed E-state index contributed by atoms with van der Waals surface area (Å²) in [7, 11) is 0. The van der Waals surface area contributed by atoms with Gasteiger partial charge in [-0.25, -0.2) is 4.98 Å². The number of rotatable bonds is 4. The number of thiazole rings is 1. The number of nitrogens with zero attached hydrogens (tertiary/aromatic N) is 3. The molecule has 1 aromatic rings. The number of carbonyl (C=O) groups excluding carboxylic acids is 2. The van der Waals surface area contributed by atoms with E-state index in [0.717, 1.165) is 18.2 Å². The Morgan fingerprint density at radius 2 is 2.18 bits per heavy atom. The first-order valence-corrected chi connectivity index (χ1v) is 8.84. The quantitative estimate of drug-likeness (QED) is 0.920. The van der Waals surface area contributed by atoms with Crippen molar-refractivity contribution in [1.82, 2.24) is 9.88 Å². The summed E-state index contributed by atoms with van der Waals surface area (Å²) >= 11 is 1.57. The van der Waals surface area contributed by atoms with Crippen LogP contribution in [0.25, 0.3) is 0 Å². The van der Waals surface area contributed by atoms with E-state index < -0.39 is 0 Å². The van der Waals surface area contributed by atoms with Gasteiger partial charge >= 0.3 is 0 Å². The van der Waals surface area contributed by atoms with E-state index >= 15 is 0 Å². The molecule has 0 saturated carbocycles. The van der Waals surface area contributed by atoms with Crippen LogP contribution in [0.5, 0.6) is 0 Å². The lowest BCUT2D eigenvalue weighted by Crippen LogP contribution is -2.29. The predicted molar refractivity (Wildman–Crippen MR) is 87.2 cm³/mol. The maximum absolute atomic E-state index is 12.3. The van der Waals surface area contributed by atoms with Crippen LogP contribution in [-0.2, 0) is 9.59 Å². The monoisotopic (exact) mass is 322 g/mol. The number of aromatic nitrogens is 1. The molecule has 3 rings (SSSR count). The third-order valence-electron chi connectivity index (χ3n) is 4.34. The molecule has 0 aliphatic carbocycles. The van der Waals surface area contributed by atoms with E-state index in [1.165, 1.54) is 19.3 Å². The van der Waals surface area contributed by atoms with Gasteiger partial charge in [0.2, 0.25) is 11.8 Å². The van der Waals surface area contributed by atoms with Crippen molar-refractivity contribution in [2.24, 2.45) is 5.92 Å². The van der Waals surface area contributed by atoms with Crippen LogP contribution in [0, 0.1) is 5.92 Å². The van der Waals surface area contributed by atoms with E-state index in [-0.39, 0.29) is 17.7 Å². The average molecular weight is 322 g/mol. The minimum Gasteiger partial charge on any atom is -0.348 e. The van der Waals surface area contributed by atoms with Crippen LogP contribution >= 0.6 is 11.3 Å². The zero-order chi connectivity index (χ0) is 15.5. The van der Waals surface area contributed by atoms with Gasteiger partial charge in [0, 0.05) is 38.0 Å². The van der Waals surface area contributed by atoms with Gasteiger partial charge in [-0.2, -0.15) is 0 Å². The van der Waals surface area contributed by atoms with Crippen LogP contribution in [0.3, 0.4) is 0 Å². The molecule has 2 fully saturated rings. The summed E-state index contributed by atoms with van der Waals surface area (Å²) in [6.07, 6.45) is 4.01. The first-order valence-electron chi connectivity index (χ1n) is 7.96. The summed E-state index contributed by atoms with van der Waals surface area (Å²) in [5, 5.41) is 5.73. The molecule has 7 heteroatoms. The summed E-state index contributed by atoms with van der Waals surface area (Å²) in [6.45, 7) is 5.21. The Bertz CT molecular complexity index is 553. The molecule has 1 atom stereocenters. The third kappa shape index (κ3) is 3.24. The summed E-state index contributed by atoms with van der Waals surface area (Å²) in [6, 6.07) is 0.